The third-order valence-corrected chi connectivity index (χ3v) is 5.36. The highest BCUT2D eigenvalue weighted by molar-refractivity contribution is 6.07. The van der Waals surface area contributed by atoms with Crippen molar-refractivity contribution < 1.29 is 9.59 Å². The third kappa shape index (κ3) is 3.97. The van der Waals surface area contributed by atoms with E-state index in [1.54, 1.807) is 20.2 Å². The second-order valence-electron chi connectivity index (χ2n) is 7.43. The molecule has 0 saturated heterocycles. The van der Waals surface area contributed by atoms with Crippen LogP contribution in [0.5, 0.6) is 0 Å². The first-order chi connectivity index (χ1) is 14.6. The minimum atomic E-state index is -0.332. The molecule has 0 radical (unpaired) electrons. The van der Waals surface area contributed by atoms with Gasteiger partial charge in [-0.2, -0.15) is 0 Å². The van der Waals surface area contributed by atoms with Gasteiger partial charge in [0.2, 0.25) is 5.91 Å². The number of pyridine rings is 1. The van der Waals surface area contributed by atoms with Gasteiger partial charge in [-0.3, -0.25) is 9.59 Å². The van der Waals surface area contributed by atoms with Crippen LogP contribution < -0.4 is 16.0 Å². The number of rotatable bonds is 6. The first kappa shape index (κ1) is 19.8. The molecule has 0 bridgehead atoms. The molecule has 4 N–H and O–H groups in total. The summed E-state index contributed by atoms with van der Waals surface area (Å²) in [6.07, 6.45) is 3.88. The number of para-hydroxylation sites is 1. The zero-order chi connectivity index (χ0) is 21.1. The summed E-state index contributed by atoms with van der Waals surface area (Å²) in [6.45, 7) is 1.78. The van der Waals surface area contributed by atoms with E-state index in [2.05, 4.69) is 25.9 Å². The van der Waals surface area contributed by atoms with Crippen molar-refractivity contribution in [2.75, 3.05) is 17.7 Å². The molecule has 3 aromatic rings. The van der Waals surface area contributed by atoms with Crippen molar-refractivity contribution in [2.24, 2.45) is 0 Å². The summed E-state index contributed by atoms with van der Waals surface area (Å²) in [5.74, 6) is 0.442. The first-order valence-electron chi connectivity index (χ1n) is 10.1. The van der Waals surface area contributed by atoms with Gasteiger partial charge in [-0.25, -0.2) is 4.98 Å². The molecule has 7 nitrogen and oxygen atoms in total. The Kier molecular flexibility index (Phi) is 5.63. The van der Waals surface area contributed by atoms with E-state index in [9.17, 15) is 9.59 Å². The first-order valence-corrected chi connectivity index (χ1v) is 10.1. The maximum absolute atomic E-state index is 12.7. The maximum atomic E-state index is 12.7. The van der Waals surface area contributed by atoms with Gasteiger partial charge in [-0.05, 0) is 51.1 Å². The molecule has 1 aliphatic carbocycles. The van der Waals surface area contributed by atoms with Crippen LogP contribution in [0.1, 0.15) is 35.8 Å². The van der Waals surface area contributed by atoms with Crippen molar-refractivity contribution in [3.8, 4) is 11.3 Å². The lowest BCUT2D eigenvalue weighted by Crippen LogP contribution is -2.35. The number of amides is 1. The fourth-order valence-electron chi connectivity index (χ4n) is 3.63. The number of fused-ring (bicyclic) bond motifs is 1. The summed E-state index contributed by atoms with van der Waals surface area (Å²) in [5.41, 5.74) is 5.02. The molecule has 1 aromatic carbocycles. The molecule has 1 aliphatic rings. The number of likely N-dealkylation sites (N-methyl/N-ethyl adjacent to an activating group) is 1. The Morgan fingerprint density at radius 2 is 1.97 bits per heavy atom. The summed E-state index contributed by atoms with van der Waals surface area (Å²) in [6, 6.07) is 13.1. The molecule has 2 aromatic heterocycles. The number of hydrogen-bond acceptors (Lipinski definition) is 5. The second-order valence-corrected chi connectivity index (χ2v) is 7.43. The summed E-state index contributed by atoms with van der Waals surface area (Å²) < 4.78 is 0. The summed E-state index contributed by atoms with van der Waals surface area (Å²) in [5, 5.41) is 9.17. The second kappa shape index (κ2) is 8.51. The number of ketones is 1. The highest BCUT2D eigenvalue weighted by Crippen LogP contribution is 2.39. The van der Waals surface area contributed by atoms with Gasteiger partial charge in [0.25, 0.3) is 0 Å². The summed E-state index contributed by atoms with van der Waals surface area (Å²) in [7, 11) is 1.73. The van der Waals surface area contributed by atoms with Crippen LogP contribution in [0.2, 0.25) is 0 Å². The number of benzene rings is 1. The standard InChI is InChI=1S/C23H25N5O2/c1-14(24-2)23(30)28-19-13-15(11-12-25-19)21-22(26-16-7-4-3-5-8-16)20-17(27-21)9-6-10-18(20)29/h3-5,7-8,11-14,24,26-27H,6,9-10H2,1-2H3,(H,25,28,30)/t14-/m0/s1. The molecule has 30 heavy (non-hydrogen) atoms. The monoisotopic (exact) mass is 403 g/mol. The predicted octanol–water partition coefficient (Wildman–Crippen LogP) is 3.89. The van der Waals surface area contributed by atoms with Crippen molar-refractivity contribution >= 4 is 28.9 Å². The van der Waals surface area contributed by atoms with Crippen LogP contribution >= 0.6 is 0 Å². The summed E-state index contributed by atoms with van der Waals surface area (Å²) >= 11 is 0. The molecule has 154 valence electrons. The average molecular weight is 403 g/mol. The van der Waals surface area contributed by atoms with Crippen molar-refractivity contribution in [3.63, 3.8) is 0 Å². The molecule has 0 fully saturated rings. The van der Waals surface area contributed by atoms with Gasteiger partial charge < -0.3 is 20.9 Å². The minimum absolute atomic E-state index is 0.141. The zero-order valence-corrected chi connectivity index (χ0v) is 17.1. The number of nitrogens with zero attached hydrogens (tertiary/aromatic N) is 1. The topological polar surface area (TPSA) is 98.9 Å². The van der Waals surface area contributed by atoms with Gasteiger partial charge in [-0.15, -0.1) is 0 Å². The Morgan fingerprint density at radius 3 is 2.73 bits per heavy atom. The molecule has 1 atom stereocenters. The Hall–Kier alpha value is -3.45. The van der Waals surface area contributed by atoms with Gasteiger partial charge in [0.15, 0.2) is 5.78 Å². The smallest absolute Gasteiger partial charge is 0.242 e. The Labute approximate surface area is 175 Å². The van der Waals surface area contributed by atoms with Crippen LogP contribution in [0.4, 0.5) is 17.2 Å². The number of hydrogen-bond donors (Lipinski definition) is 4. The number of Topliss-reactive ketones (excluding diaryl/α,β-unsaturated/α-hetero) is 1. The third-order valence-electron chi connectivity index (χ3n) is 5.36. The van der Waals surface area contributed by atoms with Gasteiger partial charge in [0.05, 0.1) is 23.0 Å². The van der Waals surface area contributed by atoms with Gasteiger partial charge in [0, 0.05) is 29.6 Å². The van der Waals surface area contributed by atoms with Gasteiger partial charge >= 0.3 is 0 Å². The van der Waals surface area contributed by atoms with Crippen molar-refractivity contribution in [2.45, 2.75) is 32.2 Å². The van der Waals surface area contributed by atoms with Crippen molar-refractivity contribution in [3.05, 3.63) is 59.9 Å². The van der Waals surface area contributed by atoms with Crippen LogP contribution in [0, 0.1) is 0 Å². The number of aromatic nitrogens is 2. The van der Waals surface area contributed by atoms with Crippen LogP contribution in [-0.4, -0.2) is 34.7 Å². The Morgan fingerprint density at radius 1 is 1.17 bits per heavy atom. The van der Waals surface area contributed by atoms with E-state index in [1.807, 2.05) is 42.5 Å². The molecule has 4 rings (SSSR count). The lowest BCUT2D eigenvalue weighted by molar-refractivity contribution is -0.117. The van der Waals surface area contributed by atoms with Crippen LogP contribution in [-0.2, 0) is 11.2 Å². The van der Waals surface area contributed by atoms with Crippen LogP contribution in [0.25, 0.3) is 11.3 Å². The quantitative estimate of drug-likeness (QED) is 0.501. The fourth-order valence-corrected chi connectivity index (χ4v) is 3.63. The summed E-state index contributed by atoms with van der Waals surface area (Å²) in [4.78, 5) is 32.7. The number of anilines is 3. The molecule has 0 saturated carbocycles. The number of carbonyl (C=O) groups excluding carboxylic acids is 2. The van der Waals surface area contributed by atoms with Crippen molar-refractivity contribution in [1.29, 1.82) is 0 Å². The highest BCUT2D eigenvalue weighted by Gasteiger charge is 2.27. The number of aryl methyl sites for hydroxylation is 1. The van der Waals surface area contributed by atoms with Gasteiger partial charge in [0.1, 0.15) is 5.82 Å². The lowest BCUT2D eigenvalue weighted by Gasteiger charge is -2.14. The van der Waals surface area contributed by atoms with E-state index in [4.69, 9.17) is 0 Å². The largest absolute Gasteiger partial charge is 0.356 e. The van der Waals surface area contributed by atoms with E-state index in [1.165, 1.54) is 0 Å². The molecular formula is C23H25N5O2. The molecule has 0 unspecified atom stereocenters. The minimum Gasteiger partial charge on any atom is -0.356 e. The average Bonchev–Trinajstić information content (AvgIpc) is 3.13. The Balaban J connectivity index is 1.74. The molecular weight excluding hydrogens is 378 g/mol. The predicted molar refractivity (Wildman–Crippen MR) is 118 cm³/mol. The van der Waals surface area contributed by atoms with Crippen molar-refractivity contribution in [1.82, 2.24) is 15.3 Å². The number of H-pyrrole nitrogens is 1. The van der Waals surface area contributed by atoms with E-state index < -0.39 is 0 Å². The van der Waals surface area contributed by atoms with E-state index in [-0.39, 0.29) is 17.7 Å². The SMILES string of the molecule is CN[C@@H](C)C(=O)Nc1cc(-c2[nH]c3c(c2Nc2ccccc2)C(=O)CCC3)ccn1. The van der Waals surface area contributed by atoms with Gasteiger partial charge in [-0.1, -0.05) is 18.2 Å². The molecule has 7 heteroatoms. The van der Waals surface area contributed by atoms with Crippen LogP contribution in [0.15, 0.2) is 48.7 Å². The molecule has 0 aliphatic heterocycles. The highest BCUT2D eigenvalue weighted by atomic mass is 16.2. The normalized spacial score (nSPS) is 14.1. The van der Waals surface area contributed by atoms with E-state index in [0.29, 0.717) is 12.2 Å². The number of aromatic amines is 1. The number of nitrogens with one attached hydrogen (secondary N) is 4. The molecule has 1 amide bonds. The zero-order valence-electron chi connectivity index (χ0n) is 17.1. The lowest BCUT2D eigenvalue weighted by atomic mass is 9.95. The van der Waals surface area contributed by atoms with E-state index in [0.717, 1.165) is 46.7 Å². The fraction of sp³-hybridized carbons (Fsp3) is 0.261. The van der Waals surface area contributed by atoms with E-state index >= 15 is 0 Å². The maximum Gasteiger partial charge on any atom is 0.242 e. The van der Waals surface area contributed by atoms with Crippen LogP contribution in [0.3, 0.4) is 0 Å². The number of carbonyl (C=O) groups is 2. The molecule has 0 spiro atoms. The molecule has 2 heterocycles. The Bertz CT molecular complexity index is 1070.